The first-order valence-electron chi connectivity index (χ1n) is 7.09. The van der Waals surface area contributed by atoms with Gasteiger partial charge in [0.05, 0.1) is 6.04 Å². The summed E-state index contributed by atoms with van der Waals surface area (Å²) in [4.78, 5) is 2.40. The highest BCUT2D eigenvalue weighted by atomic mass is 79.9. The van der Waals surface area contributed by atoms with Gasteiger partial charge >= 0.3 is 0 Å². The Morgan fingerprint density at radius 1 is 1.20 bits per heavy atom. The first-order valence-corrected chi connectivity index (χ1v) is 7.89. The number of nitrogens with two attached hydrogens (primary N) is 1. The van der Waals surface area contributed by atoms with E-state index in [0.717, 1.165) is 23.4 Å². The molecule has 1 atom stereocenters. The van der Waals surface area contributed by atoms with E-state index in [9.17, 15) is 0 Å². The van der Waals surface area contributed by atoms with E-state index in [2.05, 4.69) is 45.1 Å². The van der Waals surface area contributed by atoms with E-state index in [1.165, 1.54) is 24.1 Å². The fourth-order valence-corrected chi connectivity index (χ4v) is 3.27. The molecule has 0 radical (unpaired) electrons. The molecule has 2 aromatic rings. The van der Waals surface area contributed by atoms with Crippen LogP contribution in [0.3, 0.4) is 0 Å². The molecule has 1 aromatic heterocycles. The van der Waals surface area contributed by atoms with Gasteiger partial charge in [-0.05, 0) is 59.0 Å². The third kappa shape index (κ3) is 2.63. The molecule has 2 N–H and O–H groups in total. The van der Waals surface area contributed by atoms with Crippen LogP contribution in [0.2, 0.25) is 0 Å². The molecule has 20 heavy (non-hydrogen) atoms. The summed E-state index contributed by atoms with van der Waals surface area (Å²) in [6.45, 7) is 1.57. The van der Waals surface area contributed by atoms with Gasteiger partial charge in [0, 0.05) is 18.8 Å². The van der Waals surface area contributed by atoms with E-state index < -0.39 is 0 Å². The third-order valence-corrected chi connectivity index (χ3v) is 4.34. The summed E-state index contributed by atoms with van der Waals surface area (Å²) in [6.07, 6.45) is 3.56. The van der Waals surface area contributed by atoms with Gasteiger partial charge in [-0.2, -0.15) is 0 Å². The maximum atomic E-state index is 6.04. The Kier molecular flexibility index (Phi) is 4.13. The van der Waals surface area contributed by atoms with E-state index in [4.69, 9.17) is 10.2 Å². The largest absolute Gasteiger partial charge is 0.452 e. The zero-order chi connectivity index (χ0) is 13.9. The molecule has 0 fully saturated rings. The number of fused-ring (bicyclic) bond motifs is 1. The lowest BCUT2D eigenvalue weighted by Crippen LogP contribution is -2.34. The molecule has 0 saturated carbocycles. The smallest absolute Gasteiger partial charge is 0.169 e. The molecule has 0 spiro atoms. The van der Waals surface area contributed by atoms with Crippen molar-refractivity contribution < 1.29 is 4.42 Å². The van der Waals surface area contributed by atoms with Crippen molar-refractivity contribution in [3.8, 4) is 0 Å². The summed E-state index contributed by atoms with van der Waals surface area (Å²) in [5.41, 5.74) is 8.75. The Morgan fingerprint density at radius 3 is 2.80 bits per heavy atom. The molecule has 1 aliphatic rings. The zero-order valence-electron chi connectivity index (χ0n) is 11.4. The van der Waals surface area contributed by atoms with Crippen LogP contribution in [0, 0.1) is 0 Å². The molecule has 0 saturated heterocycles. The number of halogens is 1. The number of furan rings is 1. The maximum Gasteiger partial charge on any atom is 0.169 e. The number of hydrogen-bond acceptors (Lipinski definition) is 3. The Balaban J connectivity index is 1.99. The Hall–Kier alpha value is -1.26. The number of nitrogens with zero attached hydrogens (tertiary/aromatic N) is 1. The first kappa shape index (κ1) is 13.7. The summed E-state index contributed by atoms with van der Waals surface area (Å²) in [5.74, 6) is 0.927. The average molecular weight is 335 g/mol. The molecule has 4 heteroatoms. The second-order valence-corrected chi connectivity index (χ2v) is 5.95. The number of hydrogen-bond donors (Lipinski definition) is 1. The van der Waals surface area contributed by atoms with Gasteiger partial charge in [-0.3, -0.25) is 0 Å². The van der Waals surface area contributed by atoms with Crippen molar-refractivity contribution in [3.05, 3.63) is 52.4 Å². The standard InChI is InChI=1S/C16H19BrN2O/c17-16-9-8-15(20-16)14(11-18)19-10-4-3-6-12-5-1-2-7-13(12)19/h1-2,5,7-9,14H,3-4,6,10-11,18H2. The molecule has 1 aliphatic heterocycles. The van der Waals surface area contributed by atoms with Crippen LogP contribution in [0.5, 0.6) is 0 Å². The lowest BCUT2D eigenvalue weighted by molar-refractivity contribution is 0.435. The topological polar surface area (TPSA) is 42.4 Å². The van der Waals surface area contributed by atoms with E-state index in [1.54, 1.807) is 0 Å². The SMILES string of the molecule is NCC(c1ccc(Br)o1)N1CCCCc2ccccc21. The van der Waals surface area contributed by atoms with Crippen molar-refractivity contribution in [2.45, 2.75) is 25.3 Å². The molecule has 0 aliphatic carbocycles. The van der Waals surface area contributed by atoms with E-state index in [1.807, 2.05) is 12.1 Å². The second-order valence-electron chi connectivity index (χ2n) is 5.17. The quantitative estimate of drug-likeness (QED) is 0.925. The van der Waals surface area contributed by atoms with Gasteiger partial charge in [0.2, 0.25) is 0 Å². The van der Waals surface area contributed by atoms with E-state index in [0.29, 0.717) is 6.54 Å². The zero-order valence-corrected chi connectivity index (χ0v) is 13.0. The van der Waals surface area contributed by atoms with Crippen molar-refractivity contribution in [1.82, 2.24) is 0 Å². The lowest BCUT2D eigenvalue weighted by atomic mass is 10.1. The van der Waals surface area contributed by atoms with Crippen molar-refractivity contribution in [3.63, 3.8) is 0 Å². The third-order valence-electron chi connectivity index (χ3n) is 3.92. The molecule has 106 valence electrons. The molecule has 0 amide bonds. The van der Waals surface area contributed by atoms with Gasteiger partial charge < -0.3 is 15.1 Å². The first-order chi connectivity index (χ1) is 9.79. The normalized spacial score (nSPS) is 16.6. The van der Waals surface area contributed by atoms with Crippen LogP contribution < -0.4 is 10.6 Å². The molecule has 1 aromatic carbocycles. The van der Waals surface area contributed by atoms with Crippen molar-refractivity contribution in [1.29, 1.82) is 0 Å². The van der Waals surface area contributed by atoms with Crippen LogP contribution in [0.1, 0.15) is 30.2 Å². The minimum absolute atomic E-state index is 0.0977. The van der Waals surface area contributed by atoms with Crippen molar-refractivity contribution >= 4 is 21.6 Å². The highest BCUT2D eigenvalue weighted by Crippen LogP contribution is 2.34. The van der Waals surface area contributed by atoms with Gasteiger partial charge in [-0.25, -0.2) is 0 Å². The Labute approximate surface area is 127 Å². The van der Waals surface area contributed by atoms with Crippen LogP contribution in [0.25, 0.3) is 0 Å². The number of benzene rings is 1. The van der Waals surface area contributed by atoms with Gasteiger partial charge in [0.25, 0.3) is 0 Å². The fraction of sp³-hybridized carbons (Fsp3) is 0.375. The van der Waals surface area contributed by atoms with E-state index >= 15 is 0 Å². The second kappa shape index (κ2) is 6.02. The predicted octanol–water partition coefficient (Wildman–Crippen LogP) is 3.88. The summed E-state index contributed by atoms with van der Waals surface area (Å²) in [5, 5.41) is 0. The molecule has 0 bridgehead atoms. The Morgan fingerprint density at radius 2 is 2.05 bits per heavy atom. The van der Waals surface area contributed by atoms with Gasteiger partial charge in [0.1, 0.15) is 5.76 Å². The molecule has 3 rings (SSSR count). The van der Waals surface area contributed by atoms with Gasteiger partial charge in [-0.15, -0.1) is 0 Å². The molecular weight excluding hydrogens is 316 g/mol. The molecule has 1 unspecified atom stereocenters. The van der Waals surface area contributed by atoms with Crippen LogP contribution in [-0.4, -0.2) is 13.1 Å². The van der Waals surface area contributed by atoms with Crippen LogP contribution in [-0.2, 0) is 6.42 Å². The molecular formula is C16H19BrN2O. The number of anilines is 1. The minimum Gasteiger partial charge on any atom is -0.452 e. The van der Waals surface area contributed by atoms with Crippen molar-refractivity contribution in [2.75, 3.05) is 18.0 Å². The van der Waals surface area contributed by atoms with Crippen LogP contribution >= 0.6 is 15.9 Å². The predicted molar refractivity (Wildman–Crippen MR) is 84.9 cm³/mol. The van der Waals surface area contributed by atoms with Crippen LogP contribution in [0.15, 0.2) is 45.5 Å². The number of rotatable bonds is 3. The van der Waals surface area contributed by atoms with Gasteiger partial charge in [-0.1, -0.05) is 18.2 Å². The summed E-state index contributed by atoms with van der Waals surface area (Å²) < 4.78 is 6.50. The van der Waals surface area contributed by atoms with Crippen molar-refractivity contribution in [2.24, 2.45) is 5.73 Å². The van der Waals surface area contributed by atoms with E-state index in [-0.39, 0.29) is 6.04 Å². The minimum atomic E-state index is 0.0977. The highest BCUT2D eigenvalue weighted by molar-refractivity contribution is 9.10. The molecule has 2 heterocycles. The van der Waals surface area contributed by atoms with Crippen LogP contribution in [0.4, 0.5) is 5.69 Å². The highest BCUT2D eigenvalue weighted by Gasteiger charge is 2.25. The summed E-state index contributed by atoms with van der Waals surface area (Å²) >= 11 is 3.37. The van der Waals surface area contributed by atoms with Gasteiger partial charge in [0.15, 0.2) is 4.67 Å². The lowest BCUT2D eigenvalue weighted by Gasteiger charge is -2.32. The fourth-order valence-electron chi connectivity index (χ4n) is 2.95. The Bertz CT molecular complexity index is 581. The maximum absolute atomic E-state index is 6.04. The summed E-state index contributed by atoms with van der Waals surface area (Å²) in [6, 6.07) is 12.7. The average Bonchev–Trinajstić information content (AvgIpc) is 2.78. The number of para-hydroxylation sites is 1. The summed E-state index contributed by atoms with van der Waals surface area (Å²) in [7, 11) is 0. The number of aryl methyl sites for hydroxylation is 1. The monoisotopic (exact) mass is 334 g/mol. The molecule has 3 nitrogen and oxygen atoms in total.